The molecule has 0 saturated heterocycles. The van der Waals surface area contributed by atoms with E-state index in [0.29, 0.717) is 12.4 Å². The molecular formula is C19H18N4O. The summed E-state index contributed by atoms with van der Waals surface area (Å²) in [7, 11) is 0. The number of fused-ring (bicyclic) bond motifs is 1. The minimum Gasteiger partial charge on any atom is -0.306 e. The minimum atomic E-state index is -0.0117. The van der Waals surface area contributed by atoms with Crippen LogP contribution in [0, 0.1) is 0 Å². The van der Waals surface area contributed by atoms with Crippen LogP contribution in [0.3, 0.4) is 0 Å². The number of nitrogens with one attached hydrogen (secondary N) is 1. The Hall–Kier alpha value is -2.79. The fourth-order valence-corrected chi connectivity index (χ4v) is 3.11. The number of H-pyrrole nitrogens is 1. The zero-order chi connectivity index (χ0) is 16.4. The Kier molecular flexibility index (Phi) is 3.92. The van der Waals surface area contributed by atoms with Crippen molar-refractivity contribution in [3.63, 3.8) is 0 Å². The summed E-state index contributed by atoms with van der Waals surface area (Å²) in [5, 5.41) is 0. The maximum Gasteiger partial charge on any atom is 0.254 e. The van der Waals surface area contributed by atoms with E-state index in [2.05, 4.69) is 14.9 Å². The van der Waals surface area contributed by atoms with Crippen molar-refractivity contribution in [1.29, 1.82) is 0 Å². The smallest absolute Gasteiger partial charge is 0.254 e. The SMILES string of the molecule is O=c1[nH]c(-c2ccccc2)nc2c1CCN(Cc1ccncc1)C2. The van der Waals surface area contributed by atoms with Gasteiger partial charge in [0, 0.05) is 43.2 Å². The maximum atomic E-state index is 12.4. The first-order chi connectivity index (χ1) is 11.8. The van der Waals surface area contributed by atoms with E-state index in [1.807, 2.05) is 54.9 Å². The van der Waals surface area contributed by atoms with Gasteiger partial charge < -0.3 is 4.98 Å². The molecule has 1 aromatic carbocycles. The molecule has 24 heavy (non-hydrogen) atoms. The number of pyridine rings is 1. The second-order valence-corrected chi connectivity index (χ2v) is 6.02. The summed E-state index contributed by atoms with van der Waals surface area (Å²) in [6, 6.07) is 13.8. The minimum absolute atomic E-state index is 0.0117. The largest absolute Gasteiger partial charge is 0.306 e. The summed E-state index contributed by atoms with van der Waals surface area (Å²) in [5.74, 6) is 0.644. The molecule has 0 saturated carbocycles. The molecule has 0 atom stereocenters. The standard InChI is InChI=1S/C19H18N4O/c24-19-16-8-11-23(12-14-6-9-20-10-7-14)13-17(16)21-18(22-19)15-4-2-1-3-5-15/h1-7,9-10H,8,11-13H2,(H,21,22,24). The first kappa shape index (κ1) is 14.8. The van der Waals surface area contributed by atoms with Gasteiger partial charge in [-0.1, -0.05) is 30.3 Å². The van der Waals surface area contributed by atoms with Gasteiger partial charge in [-0.25, -0.2) is 4.98 Å². The van der Waals surface area contributed by atoms with E-state index in [0.717, 1.165) is 36.3 Å². The lowest BCUT2D eigenvalue weighted by molar-refractivity contribution is 0.240. The van der Waals surface area contributed by atoms with E-state index in [4.69, 9.17) is 4.98 Å². The molecule has 0 amide bonds. The Morgan fingerprint density at radius 1 is 1.08 bits per heavy atom. The molecule has 0 radical (unpaired) electrons. The lowest BCUT2D eigenvalue weighted by atomic mass is 10.1. The van der Waals surface area contributed by atoms with Crippen LogP contribution in [-0.4, -0.2) is 26.4 Å². The number of benzene rings is 1. The van der Waals surface area contributed by atoms with Crippen LogP contribution in [0.5, 0.6) is 0 Å². The first-order valence-corrected chi connectivity index (χ1v) is 8.08. The van der Waals surface area contributed by atoms with Crippen molar-refractivity contribution >= 4 is 0 Å². The molecule has 5 nitrogen and oxygen atoms in total. The van der Waals surface area contributed by atoms with Gasteiger partial charge in [0.25, 0.3) is 5.56 Å². The average Bonchev–Trinajstić information content (AvgIpc) is 2.63. The molecule has 120 valence electrons. The van der Waals surface area contributed by atoms with Gasteiger partial charge in [0.05, 0.1) is 5.69 Å². The van der Waals surface area contributed by atoms with E-state index in [1.165, 1.54) is 5.56 Å². The van der Waals surface area contributed by atoms with Crippen LogP contribution in [0.2, 0.25) is 0 Å². The van der Waals surface area contributed by atoms with Crippen molar-refractivity contribution in [2.75, 3.05) is 6.54 Å². The maximum absolute atomic E-state index is 12.4. The van der Waals surface area contributed by atoms with Crippen LogP contribution >= 0.6 is 0 Å². The topological polar surface area (TPSA) is 61.9 Å². The molecule has 1 N–H and O–H groups in total. The molecule has 0 aliphatic carbocycles. The molecule has 0 spiro atoms. The molecule has 1 aliphatic heterocycles. The van der Waals surface area contributed by atoms with Crippen LogP contribution in [0.1, 0.15) is 16.8 Å². The highest BCUT2D eigenvalue weighted by Gasteiger charge is 2.21. The number of hydrogen-bond donors (Lipinski definition) is 1. The summed E-state index contributed by atoms with van der Waals surface area (Å²) in [4.78, 5) is 26.4. The molecular weight excluding hydrogens is 300 g/mol. The fourth-order valence-electron chi connectivity index (χ4n) is 3.11. The number of nitrogens with zero attached hydrogens (tertiary/aromatic N) is 3. The average molecular weight is 318 g/mol. The first-order valence-electron chi connectivity index (χ1n) is 8.08. The molecule has 1 aliphatic rings. The summed E-state index contributed by atoms with van der Waals surface area (Å²) >= 11 is 0. The summed E-state index contributed by atoms with van der Waals surface area (Å²) < 4.78 is 0. The molecule has 0 bridgehead atoms. The summed E-state index contributed by atoms with van der Waals surface area (Å²) in [6.07, 6.45) is 4.35. The molecule has 3 aromatic rings. The zero-order valence-corrected chi connectivity index (χ0v) is 13.3. The normalized spacial score (nSPS) is 14.3. The predicted octanol–water partition coefficient (Wildman–Crippen LogP) is 2.39. The van der Waals surface area contributed by atoms with Crippen molar-refractivity contribution in [3.8, 4) is 11.4 Å². The fraction of sp³-hybridized carbons (Fsp3) is 0.211. The van der Waals surface area contributed by atoms with E-state index in [1.54, 1.807) is 0 Å². The molecule has 2 aromatic heterocycles. The molecule has 0 unspecified atom stereocenters. The van der Waals surface area contributed by atoms with Crippen LogP contribution in [0.25, 0.3) is 11.4 Å². The van der Waals surface area contributed by atoms with E-state index >= 15 is 0 Å². The van der Waals surface area contributed by atoms with Gasteiger partial charge >= 0.3 is 0 Å². The zero-order valence-electron chi connectivity index (χ0n) is 13.3. The van der Waals surface area contributed by atoms with E-state index in [9.17, 15) is 4.79 Å². The quantitative estimate of drug-likeness (QED) is 0.805. The lowest BCUT2D eigenvalue weighted by Gasteiger charge is -2.27. The van der Waals surface area contributed by atoms with Gasteiger partial charge in [-0.05, 0) is 24.1 Å². The van der Waals surface area contributed by atoms with Gasteiger partial charge in [-0.2, -0.15) is 0 Å². The van der Waals surface area contributed by atoms with Crippen LogP contribution in [0.15, 0.2) is 59.7 Å². The number of aromatic amines is 1. The monoisotopic (exact) mass is 318 g/mol. The van der Waals surface area contributed by atoms with Gasteiger partial charge in [-0.15, -0.1) is 0 Å². The van der Waals surface area contributed by atoms with Gasteiger partial charge in [0.2, 0.25) is 0 Å². The van der Waals surface area contributed by atoms with Gasteiger partial charge in [-0.3, -0.25) is 14.7 Å². The van der Waals surface area contributed by atoms with E-state index in [-0.39, 0.29) is 5.56 Å². The summed E-state index contributed by atoms with van der Waals surface area (Å²) in [6.45, 7) is 2.41. The number of hydrogen-bond acceptors (Lipinski definition) is 4. The van der Waals surface area contributed by atoms with Crippen LogP contribution < -0.4 is 5.56 Å². The second kappa shape index (κ2) is 6.37. The molecule has 0 fully saturated rings. The molecule has 4 rings (SSSR count). The van der Waals surface area contributed by atoms with Crippen molar-refractivity contribution in [3.05, 3.63) is 82.0 Å². The number of aromatic nitrogens is 3. The van der Waals surface area contributed by atoms with Crippen LogP contribution in [-0.2, 0) is 19.5 Å². The van der Waals surface area contributed by atoms with Crippen molar-refractivity contribution in [2.24, 2.45) is 0 Å². The Balaban J connectivity index is 1.62. The Labute approximate surface area is 140 Å². The molecule has 5 heteroatoms. The highest BCUT2D eigenvalue weighted by molar-refractivity contribution is 5.54. The number of rotatable bonds is 3. The van der Waals surface area contributed by atoms with Crippen molar-refractivity contribution in [2.45, 2.75) is 19.5 Å². The van der Waals surface area contributed by atoms with Crippen molar-refractivity contribution in [1.82, 2.24) is 19.9 Å². The highest BCUT2D eigenvalue weighted by atomic mass is 16.1. The van der Waals surface area contributed by atoms with Gasteiger partial charge in [0.15, 0.2) is 0 Å². The Morgan fingerprint density at radius 2 is 1.88 bits per heavy atom. The third-order valence-corrected chi connectivity index (χ3v) is 4.36. The molecule has 3 heterocycles. The Morgan fingerprint density at radius 3 is 2.67 bits per heavy atom. The summed E-state index contributed by atoms with van der Waals surface area (Å²) in [5.41, 5.74) is 3.85. The van der Waals surface area contributed by atoms with Crippen molar-refractivity contribution < 1.29 is 0 Å². The third kappa shape index (κ3) is 2.98. The van der Waals surface area contributed by atoms with Crippen LogP contribution in [0.4, 0.5) is 0 Å². The predicted molar refractivity (Wildman–Crippen MR) is 92.3 cm³/mol. The third-order valence-electron chi connectivity index (χ3n) is 4.36. The lowest BCUT2D eigenvalue weighted by Crippen LogP contribution is -2.35. The van der Waals surface area contributed by atoms with E-state index < -0.39 is 0 Å². The second-order valence-electron chi connectivity index (χ2n) is 6.02. The highest BCUT2D eigenvalue weighted by Crippen LogP contribution is 2.19. The van der Waals surface area contributed by atoms with Gasteiger partial charge in [0.1, 0.15) is 5.82 Å². The Bertz CT molecular complexity index is 890.